The molecule has 0 bridgehead atoms. The number of nitrogens with zero attached hydrogens (tertiary/aromatic N) is 1. The maximum Gasteiger partial charge on any atom is 0.420 e. The van der Waals surface area contributed by atoms with Gasteiger partial charge in [0, 0.05) is 6.92 Å². The van der Waals surface area contributed by atoms with Gasteiger partial charge in [0.2, 0.25) is 0 Å². The minimum absolute atomic E-state index is 0.233. The third-order valence-electron chi connectivity index (χ3n) is 1.75. The summed E-state index contributed by atoms with van der Waals surface area (Å²) in [6.45, 7) is 1.15. The van der Waals surface area contributed by atoms with E-state index >= 15 is 0 Å². The van der Waals surface area contributed by atoms with E-state index in [0.29, 0.717) is 6.07 Å². The Kier molecular flexibility index (Phi) is 2.97. The van der Waals surface area contributed by atoms with Crippen molar-refractivity contribution in [3.8, 4) is 5.75 Å². The van der Waals surface area contributed by atoms with E-state index in [1.54, 1.807) is 0 Å². The van der Waals surface area contributed by atoms with Crippen molar-refractivity contribution in [1.82, 2.24) is 4.98 Å². The Hall–Kier alpha value is -1.59. The van der Waals surface area contributed by atoms with Gasteiger partial charge in [-0.25, -0.2) is 4.98 Å². The molecule has 1 aromatic heterocycles. The molecule has 1 rings (SSSR count). The average Bonchev–Trinajstić information content (AvgIpc) is 2.15. The van der Waals surface area contributed by atoms with Crippen LogP contribution in [0.4, 0.5) is 13.2 Å². The van der Waals surface area contributed by atoms with E-state index < -0.39 is 23.3 Å². The molecular weight excluding hydrogens is 211 g/mol. The monoisotopic (exact) mass is 219 g/mol. The molecule has 0 N–H and O–H groups in total. The van der Waals surface area contributed by atoms with E-state index in [1.807, 2.05) is 0 Å². The van der Waals surface area contributed by atoms with Gasteiger partial charge in [-0.05, 0) is 6.07 Å². The topological polar surface area (TPSA) is 39.2 Å². The van der Waals surface area contributed by atoms with Gasteiger partial charge >= 0.3 is 6.18 Å². The second-order valence-electron chi connectivity index (χ2n) is 2.82. The number of alkyl halides is 3. The summed E-state index contributed by atoms with van der Waals surface area (Å²) >= 11 is 0. The lowest BCUT2D eigenvalue weighted by molar-refractivity contribution is -0.138. The minimum atomic E-state index is -4.56. The third kappa shape index (κ3) is 2.45. The van der Waals surface area contributed by atoms with Crippen LogP contribution in [0.3, 0.4) is 0 Å². The number of Topliss-reactive ketones (excluding diaryl/α,β-unsaturated/α-hetero) is 1. The molecule has 0 amide bonds. The van der Waals surface area contributed by atoms with Crippen LogP contribution in [0.5, 0.6) is 5.75 Å². The van der Waals surface area contributed by atoms with Gasteiger partial charge in [0.1, 0.15) is 17.0 Å². The van der Waals surface area contributed by atoms with E-state index in [9.17, 15) is 18.0 Å². The molecular formula is C9H8F3NO2. The van der Waals surface area contributed by atoms with E-state index in [4.69, 9.17) is 0 Å². The fraction of sp³-hybridized carbons (Fsp3) is 0.333. The Labute approximate surface area is 83.9 Å². The molecule has 0 radical (unpaired) electrons. The summed E-state index contributed by atoms with van der Waals surface area (Å²) in [6, 6.07) is 0.682. The van der Waals surface area contributed by atoms with Crippen molar-refractivity contribution in [3.05, 3.63) is 23.5 Å². The molecule has 6 heteroatoms. The van der Waals surface area contributed by atoms with Gasteiger partial charge in [0.25, 0.3) is 0 Å². The van der Waals surface area contributed by atoms with E-state index in [1.165, 1.54) is 0 Å². The molecule has 3 nitrogen and oxygen atoms in total. The number of halogens is 3. The van der Waals surface area contributed by atoms with Gasteiger partial charge in [-0.2, -0.15) is 13.2 Å². The SMILES string of the molecule is COc1cnc(C(C)=O)cc1C(F)(F)F. The number of pyridine rings is 1. The second kappa shape index (κ2) is 3.88. The molecule has 0 unspecified atom stereocenters. The molecule has 1 heterocycles. The number of hydrogen-bond donors (Lipinski definition) is 0. The summed E-state index contributed by atoms with van der Waals surface area (Å²) in [7, 11) is 1.11. The zero-order valence-corrected chi connectivity index (χ0v) is 8.05. The fourth-order valence-electron chi connectivity index (χ4n) is 1.02. The summed E-state index contributed by atoms with van der Waals surface area (Å²) in [5.74, 6) is -0.921. The van der Waals surface area contributed by atoms with Crippen molar-refractivity contribution in [2.75, 3.05) is 7.11 Å². The maximum atomic E-state index is 12.5. The standard InChI is InChI=1S/C9H8F3NO2/c1-5(14)7-3-6(9(10,11)12)8(15-2)4-13-7/h3-4H,1-2H3. The number of carbonyl (C=O) groups is 1. The summed E-state index contributed by atoms with van der Waals surface area (Å²) in [5.41, 5.74) is -1.23. The van der Waals surface area contributed by atoms with E-state index in [0.717, 1.165) is 20.2 Å². The first-order valence-electron chi connectivity index (χ1n) is 3.98. The van der Waals surface area contributed by atoms with Crippen LogP contribution in [-0.2, 0) is 6.18 Å². The molecule has 0 aromatic carbocycles. The molecule has 82 valence electrons. The average molecular weight is 219 g/mol. The van der Waals surface area contributed by atoms with Gasteiger partial charge in [0.05, 0.1) is 13.3 Å². The predicted octanol–water partition coefficient (Wildman–Crippen LogP) is 2.31. The van der Waals surface area contributed by atoms with E-state index in [-0.39, 0.29) is 5.69 Å². The second-order valence-corrected chi connectivity index (χ2v) is 2.82. The number of rotatable bonds is 2. The van der Waals surface area contributed by atoms with Gasteiger partial charge in [-0.15, -0.1) is 0 Å². The molecule has 0 saturated carbocycles. The van der Waals surface area contributed by atoms with Crippen LogP contribution < -0.4 is 4.74 Å². The van der Waals surface area contributed by atoms with Crippen LogP contribution >= 0.6 is 0 Å². The van der Waals surface area contributed by atoms with Crippen LogP contribution in [0, 0.1) is 0 Å². The molecule has 0 fully saturated rings. The molecule has 0 saturated heterocycles. The smallest absolute Gasteiger partial charge is 0.420 e. The number of hydrogen-bond acceptors (Lipinski definition) is 3. The lowest BCUT2D eigenvalue weighted by Crippen LogP contribution is -2.10. The van der Waals surface area contributed by atoms with Gasteiger partial charge in [-0.3, -0.25) is 4.79 Å². The molecule has 0 aliphatic heterocycles. The van der Waals surface area contributed by atoms with E-state index in [2.05, 4.69) is 9.72 Å². The van der Waals surface area contributed by atoms with Crippen LogP contribution in [0.1, 0.15) is 23.0 Å². The number of carbonyl (C=O) groups excluding carboxylic acids is 1. The quantitative estimate of drug-likeness (QED) is 0.716. The van der Waals surface area contributed by atoms with Crippen molar-refractivity contribution in [2.24, 2.45) is 0 Å². The number of ether oxygens (including phenoxy) is 1. The highest BCUT2D eigenvalue weighted by Crippen LogP contribution is 2.35. The first-order chi connectivity index (χ1) is 6.86. The van der Waals surface area contributed by atoms with Gasteiger partial charge in [0.15, 0.2) is 5.78 Å². The van der Waals surface area contributed by atoms with Crippen molar-refractivity contribution >= 4 is 5.78 Å². The Balaban J connectivity index is 3.32. The normalized spacial score (nSPS) is 11.3. The van der Waals surface area contributed by atoms with Crippen LogP contribution in [0.25, 0.3) is 0 Å². The highest BCUT2D eigenvalue weighted by Gasteiger charge is 2.35. The predicted molar refractivity (Wildman–Crippen MR) is 45.8 cm³/mol. The van der Waals surface area contributed by atoms with Crippen molar-refractivity contribution in [1.29, 1.82) is 0 Å². The molecule has 1 aromatic rings. The largest absolute Gasteiger partial charge is 0.495 e. The summed E-state index contributed by atoms with van der Waals surface area (Å²) in [5, 5.41) is 0. The molecule has 0 aliphatic carbocycles. The van der Waals surface area contributed by atoms with Gasteiger partial charge < -0.3 is 4.74 Å². The highest BCUT2D eigenvalue weighted by atomic mass is 19.4. The Morgan fingerprint density at radius 1 is 1.47 bits per heavy atom. The highest BCUT2D eigenvalue weighted by molar-refractivity contribution is 5.92. The van der Waals surface area contributed by atoms with Crippen molar-refractivity contribution < 1.29 is 22.7 Å². The Bertz CT molecular complexity index is 387. The summed E-state index contributed by atoms with van der Waals surface area (Å²) in [6.07, 6.45) is -3.67. The van der Waals surface area contributed by atoms with Gasteiger partial charge in [-0.1, -0.05) is 0 Å². The van der Waals surface area contributed by atoms with Crippen LogP contribution in [-0.4, -0.2) is 17.9 Å². The molecule has 0 aliphatic rings. The maximum absolute atomic E-state index is 12.5. The van der Waals surface area contributed by atoms with Crippen molar-refractivity contribution in [2.45, 2.75) is 13.1 Å². The first kappa shape index (κ1) is 11.5. The zero-order chi connectivity index (χ0) is 11.6. The number of ketones is 1. The number of methoxy groups -OCH3 is 1. The van der Waals surface area contributed by atoms with Crippen LogP contribution in [0.2, 0.25) is 0 Å². The number of aromatic nitrogens is 1. The first-order valence-corrected chi connectivity index (χ1v) is 3.98. The summed E-state index contributed by atoms with van der Waals surface area (Å²) in [4.78, 5) is 14.4. The van der Waals surface area contributed by atoms with Crippen molar-refractivity contribution in [3.63, 3.8) is 0 Å². The Morgan fingerprint density at radius 2 is 2.07 bits per heavy atom. The molecule has 15 heavy (non-hydrogen) atoms. The molecule has 0 atom stereocenters. The lowest BCUT2D eigenvalue weighted by Gasteiger charge is -2.11. The zero-order valence-electron chi connectivity index (χ0n) is 8.05. The molecule has 0 spiro atoms. The summed E-state index contributed by atoms with van der Waals surface area (Å²) < 4.78 is 41.9. The fourth-order valence-corrected chi connectivity index (χ4v) is 1.02. The lowest BCUT2D eigenvalue weighted by atomic mass is 10.1. The third-order valence-corrected chi connectivity index (χ3v) is 1.75. The van der Waals surface area contributed by atoms with Crippen LogP contribution in [0.15, 0.2) is 12.3 Å². The Morgan fingerprint density at radius 3 is 2.47 bits per heavy atom. The minimum Gasteiger partial charge on any atom is -0.495 e.